The van der Waals surface area contributed by atoms with Crippen molar-refractivity contribution in [2.45, 2.75) is 81.2 Å². The van der Waals surface area contributed by atoms with Crippen molar-refractivity contribution in [3.8, 4) is 0 Å². The van der Waals surface area contributed by atoms with Crippen LogP contribution < -0.4 is 0 Å². The van der Waals surface area contributed by atoms with E-state index in [0.29, 0.717) is 12.2 Å². The molecule has 1 saturated heterocycles. The standard InChI is InChI=1S/C17H33NO10S3/c1-30(23)10-8-6-4-2-3-5-7-9-13(18-28-31(24,25)26)29-17-16(22)15(21)14(20)12(11-19)27-17/h12,14-17,19-22H,2-11H2,1H3,(H,24,25,26). The Labute approximate surface area is 189 Å². The van der Waals surface area contributed by atoms with Gasteiger partial charge in [-0.25, -0.2) is 4.28 Å². The molecule has 1 rings (SSSR count). The van der Waals surface area contributed by atoms with Gasteiger partial charge in [0.15, 0.2) is 0 Å². The molecule has 1 aliphatic heterocycles. The molecule has 0 amide bonds. The molecule has 1 fully saturated rings. The highest BCUT2D eigenvalue weighted by Crippen LogP contribution is 2.30. The fourth-order valence-corrected chi connectivity index (χ4v) is 4.93. The van der Waals surface area contributed by atoms with Gasteiger partial charge in [-0.05, 0) is 19.3 Å². The van der Waals surface area contributed by atoms with Gasteiger partial charge in [0.1, 0.15) is 34.9 Å². The lowest BCUT2D eigenvalue weighted by Crippen LogP contribution is -2.57. The van der Waals surface area contributed by atoms with Crippen molar-refractivity contribution in [1.82, 2.24) is 0 Å². The quantitative estimate of drug-likeness (QED) is 0.0709. The fraction of sp³-hybridized carbons (Fsp3) is 0.941. The van der Waals surface area contributed by atoms with E-state index >= 15 is 0 Å². The van der Waals surface area contributed by atoms with E-state index in [4.69, 9.17) is 9.29 Å². The Hall–Kier alpha value is -0.320. The van der Waals surface area contributed by atoms with Crippen molar-refractivity contribution in [1.29, 1.82) is 0 Å². The minimum absolute atomic E-state index is 0.104. The number of hydrogen-bond donors (Lipinski definition) is 5. The molecule has 1 aliphatic rings. The van der Waals surface area contributed by atoms with Crippen molar-refractivity contribution < 1.29 is 46.6 Å². The molecule has 0 aliphatic carbocycles. The van der Waals surface area contributed by atoms with Gasteiger partial charge in [-0.1, -0.05) is 49.0 Å². The molecule has 11 nitrogen and oxygen atoms in total. The Morgan fingerprint density at radius 3 is 2.16 bits per heavy atom. The third kappa shape index (κ3) is 11.9. The Kier molecular flexibility index (Phi) is 13.7. The molecular formula is C17H33NO10S3. The van der Waals surface area contributed by atoms with Crippen LogP contribution in [0.5, 0.6) is 0 Å². The molecule has 31 heavy (non-hydrogen) atoms. The van der Waals surface area contributed by atoms with E-state index in [2.05, 4.69) is 9.44 Å². The molecule has 0 aromatic heterocycles. The van der Waals surface area contributed by atoms with Crippen LogP contribution in [0.4, 0.5) is 0 Å². The fourth-order valence-electron chi connectivity index (χ4n) is 2.98. The Balaban J connectivity index is 2.53. The summed E-state index contributed by atoms with van der Waals surface area (Å²) in [6.07, 6.45) is 2.61. The molecule has 6 atom stereocenters. The second-order valence-corrected chi connectivity index (χ2v) is 11.0. The minimum Gasteiger partial charge on any atom is -0.394 e. The van der Waals surface area contributed by atoms with Crippen molar-refractivity contribution in [3.63, 3.8) is 0 Å². The first-order valence-electron chi connectivity index (χ1n) is 10.0. The second kappa shape index (κ2) is 14.8. The number of nitrogens with zero attached hydrogens (tertiary/aromatic N) is 1. The number of ether oxygens (including phenoxy) is 1. The largest absolute Gasteiger partial charge is 0.466 e. The number of rotatable bonds is 14. The zero-order valence-electron chi connectivity index (χ0n) is 17.4. The zero-order chi connectivity index (χ0) is 23.4. The molecule has 184 valence electrons. The lowest BCUT2D eigenvalue weighted by atomic mass is 10.0. The van der Waals surface area contributed by atoms with Crippen LogP contribution in [-0.4, -0.2) is 91.1 Å². The first-order chi connectivity index (χ1) is 14.5. The number of oxime groups is 1. The summed E-state index contributed by atoms with van der Waals surface area (Å²) in [6, 6.07) is 0. The molecule has 0 spiro atoms. The summed E-state index contributed by atoms with van der Waals surface area (Å²) in [5.74, 6) is 0.711. The predicted molar refractivity (Wildman–Crippen MR) is 117 cm³/mol. The Morgan fingerprint density at radius 2 is 1.61 bits per heavy atom. The second-order valence-electron chi connectivity index (χ2n) is 7.30. The highest BCUT2D eigenvalue weighted by atomic mass is 32.3. The summed E-state index contributed by atoms with van der Waals surface area (Å²) >= 11 is 0.783. The first kappa shape index (κ1) is 28.7. The maximum Gasteiger partial charge on any atom is 0.466 e. The molecule has 6 unspecified atom stereocenters. The maximum absolute atomic E-state index is 11.0. The van der Waals surface area contributed by atoms with Gasteiger partial charge in [-0.2, -0.15) is 8.42 Å². The number of unbranched alkanes of at least 4 members (excludes halogenated alkanes) is 6. The number of aliphatic hydroxyl groups is 4. The highest BCUT2D eigenvalue weighted by Gasteiger charge is 2.44. The molecule has 5 N–H and O–H groups in total. The molecule has 0 aromatic carbocycles. The zero-order valence-corrected chi connectivity index (χ0v) is 19.9. The molecule has 0 saturated carbocycles. The number of thioether (sulfide) groups is 1. The van der Waals surface area contributed by atoms with E-state index in [0.717, 1.165) is 50.3 Å². The maximum atomic E-state index is 11.0. The van der Waals surface area contributed by atoms with Gasteiger partial charge < -0.3 is 25.2 Å². The van der Waals surface area contributed by atoms with Gasteiger partial charge in [0.05, 0.1) is 6.61 Å². The van der Waals surface area contributed by atoms with Gasteiger partial charge >= 0.3 is 10.4 Å². The lowest BCUT2D eigenvalue weighted by Gasteiger charge is -2.39. The number of hydrogen-bond acceptors (Lipinski definition) is 11. The van der Waals surface area contributed by atoms with E-state index in [9.17, 15) is 33.1 Å². The van der Waals surface area contributed by atoms with Crippen molar-refractivity contribution in [3.05, 3.63) is 0 Å². The average Bonchev–Trinajstić information content (AvgIpc) is 2.69. The summed E-state index contributed by atoms with van der Waals surface area (Å²) in [5.41, 5.74) is -1.14. The third-order valence-corrected chi connectivity index (χ3v) is 6.96. The Bertz CT molecular complexity index is 673. The molecule has 0 aromatic rings. The SMILES string of the molecule is CS(=O)CCCCCCCCCC(=NOS(=O)(=O)O)SC1OC(CO)C(O)C(O)C1O. The molecule has 0 radical (unpaired) electrons. The van der Waals surface area contributed by atoms with E-state index in [-0.39, 0.29) is 11.5 Å². The van der Waals surface area contributed by atoms with Crippen LogP contribution in [0, 0.1) is 0 Å². The van der Waals surface area contributed by atoms with Crippen molar-refractivity contribution in [2.75, 3.05) is 18.6 Å². The van der Waals surface area contributed by atoms with Crippen LogP contribution in [0.1, 0.15) is 51.4 Å². The van der Waals surface area contributed by atoms with E-state index in [1.165, 1.54) is 0 Å². The van der Waals surface area contributed by atoms with E-state index < -0.39 is 57.7 Å². The van der Waals surface area contributed by atoms with Crippen LogP contribution >= 0.6 is 11.8 Å². The minimum atomic E-state index is -4.82. The summed E-state index contributed by atoms with van der Waals surface area (Å²) < 4.78 is 50.9. The highest BCUT2D eigenvalue weighted by molar-refractivity contribution is 8.14. The third-order valence-electron chi connectivity index (χ3n) is 4.66. The van der Waals surface area contributed by atoms with Crippen molar-refractivity contribution in [2.24, 2.45) is 5.16 Å². The molecular weight excluding hydrogens is 474 g/mol. The first-order valence-corrected chi connectivity index (χ1v) is 14.0. The van der Waals surface area contributed by atoms with Crippen LogP contribution in [0.3, 0.4) is 0 Å². The van der Waals surface area contributed by atoms with Gasteiger partial charge in [0, 0.05) is 22.8 Å². The normalized spacial score (nSPS) is 28.5. The average molecular weight is 508 g/mol. The monoisotopic (exact) mass is 507 g/mol. The molecule has 1 heterocycles. The van der Waals surface area contributed by atoms with E-state index in [1.807, 2.05) is 0 Å². The van der Waals surface area contributed by atoms with Gasteiger partial charge in [0.25, 0.3) is 0 Å². The van der Waals surface area contributed by atoms with Crippen molar-refractivity contribution >= 4 is 38.0 Å². The number of aliphatic hydroxyl groups excluding tert-OH is 4. The Morgan fingerprint density at radius 1 is 1.03 bits per heavy atom. The van der Waals surface area contributed by atoms with Crippen LogP contribution in [0.2, 0.25) is 0 Å². The van der Waals surface area contributed by atoms with E-state index in [1.54, 1.807) is 6.26 Å². The van der Waals surface area contributed by atoms with Gasteiger partial charge in [0.2, 0.25) is 0 Å². The summed E-state index contributed by atoms with van der Waals surface area (Å²) in [4.78, 5) is 0. The predicted octanol–water partition coefficient (Wildman–Crippen LogP) is 0.152. The molecule has 0 bridgehead atoms. The summed E-state index contributed by atoms with van der Waals surface area (Å²) in [7, 11) is -5.58. The topological polar surface area (TPSA) is 183 Å². The van der Waals surface area contributed by atoms with Crippen LogP contribution in [0.15, 0.2) is 5.16 Å². The molecule has 14 heteroatoms. The summed E-state index contributed by atoms with van der Waals surface area (Å²) in [5, 5.41) is 42.6. The summed E-state index contributed by atoms with van der Waals surface area (Å²) in [6.45, 7) is -0.593. The smallest absolute Gasteiger partial charge is 0.394 e. The van der Waals surface area contributed by atoms with Crippen LogP contribution in [-0.2, 0) is 30.2 Å². The lowest BCUT2D eigenvalue weighted by molar-refractivity contribution is -0.205. The van der Waals surface area contributed by atoms with Gasteiger partial charge in [-0.3, -0.25) is 8.76 Å². The van der Waals surface area contributed by atoms with Crippen LogP contribution in [0.25, 0.3) is 0 Å². The van der Waals surface area contributed by atoms with Gasteiger partial charge in [-0.15, -0.1) is 0 Å².